The number of alkyl halides is 6. The topological polar surface area (TPSA) is 89.9 Å². The number of hydrogen-bond donors (Lipinski definition) is 1. The van der Waals surface area contributed by atoms with Gasteiger partial charge in [0.25, 0.3) is 5.60 Å². The van der Waals surface area contributed by atoms with Gasteiger partial charge in [-0.15, -0.1) is 0 Å². The molecule has 1 saturated heterocycles. The van der Waals surface area contributed by atoms with Crippen LogP contribution in [-0.2, 0) is 42.4 Å². The zero-order valence-electron chi connectivity index (χ0n) is 29.3. The monoisotopic (exact) mass is 1090 g/mol. The van der Waals surface area contributed by atoms with Gasteiger partial charge in [0, 0.05) is 55.8 Å². The molecule has 287 valence electrons. The van der Waals surface area contributed by atoms with Gasteiger partial charge < -0.3 is 38.6 Å². The molecule has 5 aliphatic rings. The summed E-state index contributed by atoms with van der Waals surface area (Å²) >= 11 is 4.24. The van der Waals surface area contributed by atoms with E-state index in [1.807, 2.05) is 34.6 Å². The van der Waals surface area contributed by atoms with Crippen molar-refractivity contribution in [3.63, 3.8) is 0 Å². The van der Waals surface area contributed by atoms with Crippen LogP contribution < -0.4 is 24.0 Å². The van der Waals surface area contributed by atoms with Crippen LogP contribution in [0.4, 0.5) is 26.3 Å². The molecule has 0 aromatic carbocycles. The molecule has 0 aromatic heterocycles. The Morgan fingerprint density at radius 1 is 0.755 bits per heavy atom. The van der Waals surface area contributed by atoms with Crippen LogP contribution >= 0.6 is 37.2 Å². The van der Waals surface area contributed by atoms with Gasteiger partial charge in [-0.3, -0.25) is 14.4 Å². The number of esters is 3. The largest absolute Gasteiger partial charge is 1.00 e. The van der Waals surface area contributed by atoms with E-state index in [0.717, 1.165) is 18.3 Å². The van der Waals surface area contributed by atoms with Crippen molar-refractivity contribution >= 4 is 55.1 Å². The second-order valence-electron chi connectivity index (χ2n) is 15.5. The van der Waals surface area contributed by atoms with Crippen molar-refractivity contribution < 1.29 is 97.8 Å². The molecule has 49 heavy (non-hydrogen) atoms. The maximum atomic E-state index is 12.7. The molecule has 16 heteroatoms. The van der Waals surface area contributed by atoms with Crippen LogP contribution in [0.15, 0.2) is 0 Å². The van der Waals surface area contributed by atoms with Crippen LogP contribution in [0.25, 0.3) is 0 Å². The molecule has 1 heterocycles. The first kappa shape index (κ1) is 49.9. The summed E-state index contributed by atoms with van der Waals surface area (Å²) in [6.07, 6.45) is -9.32. The predicted molar refractivity (Wildman–Crippen MR) is 181 cm³/mol. The van der Waals surface area contributed by atoms with Crippen LogP contribution in [0.5, 0.6) is 0 Å². The van der Waals surface area contributed by atoms with Crippen molar-refractivity contribution in [3.8, 4) is 0 Å². The molecule has 1 aliphatic heterocycles. The molecule has 0 spiro atoms. The summed E-state index contributed by atoms with van der Waals surface area (Å²) in [5, 5.41) is 9.28. The molecule has 5 rings (SSSR count). The number of carbonyl (C=O) groups is 3. The van der Waals surface area contributed by atoms with Crippen molar-refractivity contribution in [1.29, 1.82) is 0 Å². The summed E-state index contributed by atoms with van der Waals surface area (Å²) in [5.74, 6) is 1.53. The fourth-order valence-corrected chi connectivity index (χ4v) is 8.38. The third-order valence-electron chi connectivity index (χ3n) is 11.8. The summed E-state index contributed by atoms with van der Waals surface area (Å²) in [4.78, 5) is 33.2. The molecule has 4 aliphatic carbocycles. The van der Waals surface area contributed by atoms with Crippen LogP contribution in [0, 0.1) is 71.0 Å². The normalized spacial score (nSPS) is 36.1. The van der Waals surface area contributed by atoms with Gasteiger partial charge in [0.2, 0.25) is 0 Å². The smallest absolute Gasteiger partial charge is 0.426 e. The average molecular weight is 1090 g/mol. The summed E-state index contributed by atoms with van der Waals surface area (Å²) in [5.41, 5.74) is -4.92. The van der Waals surface area contributed by atoms with E-state index >= 15 is 0 Å². The number of carbonyl (C=O) groups excluding carboxylic acids is 3. The van der Waals surface area contributed by atoms with Crippen molar-refractivity contribution in [2.24, 2.45) is 71.0 Å². The van der Waals surface area contributed by atoms with Crippen LogP contribution in [0.3, 0.4) is 0 Å². The van der Waals surface area contributed by atoms with E-state index in [4.69, 9.17) is 4.74 Å². The Labute approximate surface area is 339 Å². The molecule has 1 radical (unpaired) electrons. The van der Waals surface area contributed by atoms with Crippen molar-refractivity contribution in [1.82, 2.24) is 0 Å². The van der Waals surface area contributed by atoms with E-state index < -0.39 is 42.2 Å². The number of ether oxygens (including phenoxy) is 2. The van der Waals surface area contributed by atoms with Gasteiger partial charge in [0.1, 0.15) is 5.60 Å². The fourth-order valence-electron chi connectivity index (χ4n) is 8.38. The molecular weight excluding hydrogens is 1040 g/mol. The van der Waals surface area contributed by atoms with E-state index in [0.29, 0.717) is 30.6 Å². The van der Waals surface area contributed by atoms with Gasteiger partial charge in [0.05, 0.1) is 17.8 Å². The minimum Gasteiger partial charge on any atom is -1.00 e. The third kappa shape index (κ3) is 11.5. The second-order valence-corrected chi connectivity index (χ2v) is 15.5. The van der Waals surface area contributed by atoms with Gasteiger partial charge in [-0.1, -0.05) is 41.5 Å². The summed E-state index contributed by atoms with van der Waals surface area (Å²) in [7, 11) is 0. The zero-order valence-corrected chi connectivity index (χ0v) is 37.2. The minimum absolute atomic E-state index is 0. The quantitative estimate of drug-likeness (QED) is 0.150. The van der Waals surface area contributed by atoms with Crippen molar-refractivity contribution in [3.05, 3.63) is 0 Å². The molecule has 12 atom stereocenters. The first-order valence-electron chi connectivity index (χ1n) is 16.3. The molecule has 4 bridgehead atoms. The SMILES string of the molecule is CC1C(=O)OC(=O)C1C.CC1C2CC(C(=O)OC(C)(C)C)C(C2)C1C.CC1C2CC(CC(O)(C(F)(F)F)C(F)(F)F)C(C2)C1C.II.[I-].[V]. The molecule has 12 unspecified atom stereocenters. The van der Waals surface area contributed by atoms with E-state index in [9.17, 15) is 45.8 Å². The summed E-state index contributed by atoms with van der Waals surface area (Å²) in [6, 6.07) is 0. The Morgan fingerprint density at radius 2 is 1.14 bits per heavy atom. The second kappa shape index (κ2) is 19.0. The molecular formula is C33H50F6I3O6V-. The zero-order chi connectivity index (χ0) is 36.6. The van der Waals surface area contributed by atoms with Gasteiger partial charge >= 0.3 is 30.3 Å². The first-order valence-corrected chi connectivity index (χ1v) is 22.6. The van der Waals surface area contributed by atoms with Crippen molar-refractivity contribution in [2.75, 3.05) is 0 Å². The molecule has 0 aromatic rings. The minimum atomic E-state index is -5.69. The van der Waals surface area contributed by atoms with Gasteiger partial charge in [-0.05, 0) is 106 Å². The molecule has 0 amide bonds. The predicted octanol–water partition coefficient (Wildman–Crippen LogP) is 6.53. The molecule has 1 N–H and O–H groups in total. The Balaban J connectivity index is 0.000000713. The maximum Gasteiger partial charge on any atom is 0.426 e. The molecule has 4 saturated carbocycles. The molecule has 6 nitrogen and oxygen atoms in total. The van der Waals surface area contributed by atoms with E-state index in [2.05, 4.69) is 55.8 Å². The summed E-state index contributed by atoms with van der Waals surface area (Å²) < 4.78 is 86.0. The average Bonchev–Trinajstić information content (AvgIpc) is 3.73. The van der Waals surface area contributed by atoms with Crippen LogP contribution in [0.2, 0.25) is 0 Å². The van der Waals surface area contributed by atoms with Gasteiger partial charge in [-0.25, -0.2) is 0 Å². The number of cyclic esters (lactones) is 2. The van der Waals surface area contributed by atoms with E-state index in [-0.39, 0.29) is 89.6 Å². The number of fused-ring (bicyclic) bond motifs is 4. The van der Waals surface area contributed by atoms with Crippen LogP contribution in [0.1, 0.15) is 94.4 Å². The van der Waals surface area contributed by atoms with Gasteiger partial charge in [0.15, 0.2) is 0 Å². The maximum absolute atomic E-state index is 12.7. The first-order chi connectivity index (χ1) is 21.3. The number of hydrogen-bond acceptors (Lipinski definition) is 6. The Bertz CT molecular complexity index is 1080. The standard InChI is InChI=1S/C14H24O2.C13H18F6O.C6H8O3.I2.HI.V/c1-8-9(2)11-6-10(8)7-12(11)13(15)16-14(3,4)5;1-6-7(2)10-4-8(6)3-9(10)5-11(20,12(14,15)16)13(17,18)19;1-3-4(2)6(8)9-5(3)7;1-2;;/h8-12H,6-7H2,1-5H3;6-10,20H,3-5H2,1-2H3;3-4H,1-2H3;;1H;/p-1. The van der Waals surface area contributed by atoms with Gasteiger partial charge in [-0.2, -0.15) is 26.3 Å². The van der Waals surface area contributed by atoms with Crippen LogP contribution in [-0.4, -0.2) is 46.6 Å². The Kier molecular flexibility index (Phi) is 19.3. The third-order valence-corrected chi connectivity index (χ3v) is 11.8. The Morgan fingerprint density at radius 3 is 1.43 bits per heavy atom. The van der Waals surface area contributed by atoms with E-state index in [1.54, 1.807) is 13.8 Å². The summed E-state index contributed by atoms with van der Waals surface area (Å²) in [6.45, 7) is 17.7. The number of rotatable bonds is 3. The Hall–Kier alpha value is 0.924. The number of aliphatic hydroxyl groups is 1. The number of halogens is 9. The molecule has 5 fully saturated rings. The fraction of sp³-hybridized carbons (Fsp3) is 0.909. The van der Waals surface area contributed by atoms with E-state index in [1.165, 1.54) is 6.42 Å². The van der Waals surface area contributed by atoms with Crippen molar-refractivity contribution in [2.45, 2.75) is 118 Å².